The number of carbonyl (C=O) groups excluding carboxylic acids is 2. The Bertz CT molecular complexity index is 1260. The first-order chi connectivity index (χ1) is 18.5. The van der Waals surface area contributed by atoms with Crippen LogP contribution in [0, 0.1) is 10.1 Å². The van der Waals surface area contributed by atoms with Gasteiger partial charge >= 0.3 is 0 Å². The van der Waals surface area contributed by atoms with Gasteiger partial charge in [-0.15, -0.1) is 0 Å². The summed E-state index contributed by atoms with van der Waals surface area (Å²) in [6.45, 7) is 1.21. The number of nitro benzene ring substituents is 1. The van der Waals surface area contributed by atoms with Crippen molar-refractivity contribution in [2.24, 2.45) is 0 Å². The topological polar surface area (TPSA) is 139 Å². The normalized spacial score (nSPS) is 14.7. The smallest absolute Gasteiger partial charge is 0.271 e. The van der Waals surface area contributed by atoms with E-state index in [4.69, 9.17) is 4.74 Å². The van der Waals surface area contributed by atoms with Crippen molar-refractivity contribution in [1.82, 2.24) is 10.2 Å². The first-order valence-electron chi connectivity index (χ1n) is 13.0. The number of nitrogens with zero attached hydrogens (tertiary/aromatic N) is 3. The second kappa shape index (κ2) is 13.4. The van der Waals surface area contributed by atoms with Crippen molar-refractivity contribution in [2.45, 2.75) is 64.1 Å². The van der Waals surface area contributed by atoms with Crippen molar-refractivity contribution in [3.63, 3.8) is 0 Å². The van der Waals surface area contributed by atoms with E-state index < -0.39 is 33.4 Å². The monoisotopic (exact) mass is 560 g/mol. The van der Waals surface area contributed by atoms with Gasteiger partial charge in [0.25, 0.3) is 5.69 Å². The molecule has 0 radical (unpaired) electrons. The highest BCUT2D eigenvalue weighted by molar-refractivity contribution is 7.92. The van der Waals surface area contributed by atoms with Gasteiger partial charge in [-0.2, -0.15) is 0 Å². The Balaban J connectivity index is 1.98. The molecule has 1 atom stereocenters. The van der Waals surface area contributed by atoms with E-state index in [1.54, 1.807) is 6.92 Å². The molecule has 2 aromatic rings. The SMILES string of the molecule is CC[C@H](C(=O)NC1CCCCC1)N(Cc1ccccc1)C(=O)CN(c1cc([N+](=O)[O-])ccc1OC)S(C)(=O)=O. The Morgan fingerprint density at radius 2 is 1.79 bits per heavy atom. The lowest BCUT2D eigenvalue weighted by Crippen LogP contribution is -2.54. The molecule has 0 bridgehead atoms. The fraction of sp³-hybridized carbons (Fsp3) is 0.481. The van der Waals surface area contributed by atoms with Crippen LogP contribution in [0.25, 0.3) is 0 Å². The molecule has 0 aliphatic heterocycles. The number of ether oxygens (including phenoxy) is 1. The molecule has 2 amide bonds. The Kier molecular flexibility index (Phi) is 10.3. The minimum atomic E-state index is -4.09. The number of nitro groups is 1. The Morgan fingerprint density at radius 1 is 1.13 bits per heavy atom. The van der Waals surface area contributed by atoms with Gasteiger partial charge in [0.1, 0.15) is 24.0 Å². The molecule has 39 heavy (non-hydrogen) atoms. The number of rotatable bonds is 12. The predicted molar refractivity (Wildman–Crippen MR) is 148 cm³/mol. The molecule has 0 heterocycles. The molecule has 11 nitrogen and oxygen atoms in total. The van der Waals surface area contributed by atoms with Gasteiger partial charge in [-0.05, 0) is 30.9 Å². The van der Waals surface area contributed by atoms with Crippen LogP contribution in [0.15, 0.2) is 48.5 Å². The molecular weight excluding hydrogens is 524 g/mol. The van der Waals surface area contributed by atoms with Gasteiger partial charge in [0.05, 0.1) is 18.3 Å². The van der Waals surface area contributed by atoms with Crippen LogP contribution in [0.1, 0.15) is 51.0 Å². The number of hydrogen-bond acceptors (Lipinski definition) is 7. The summed E-state index contributed by atoms with van der Waals surface area (Å²) >= 11 is 0. The molecule has 1 saturated carbocycles. The third-order valence-electron chi connectivity index (χ3n) is 6.85. The van der Waals surface area contributed by atoms with Gasteiger partial charge in [-0.1, -0.05) is 56.5 Å². The highest BCUT2D eigenvalue weighted by Gasteiger charge is 2.34. The first kappa shape index (κ1) is 29.9. The Labute approximate surface area is 229 Å². The van der Waals surface area contributed by atoms with Crippen LogP contribution < -0.4 is 14.4 Å². The first-order valence-corrected chi connectivity index (χ1v) is 14.8. The fourth-order valence-corrected chi connectivity index (χ4v) is 5.67. The molecule has 1 aliphatic rings. The van der Waals surface area contributed by atoms with E-state index in [-0.39, 0.29) is 35.6 Å². The largest absolute Gasteiger partial charge is 0.495 e. The van der Waals surface area contributed by atoms with Crippen LogP contribution in [0.5, 0.6) is 5.75 Å². The van der Waals surface area contributed by atoms with E-state index >= 15 is 0 Å². The van der Waals surface area contributed by atoms with Gasteiger partial charge < -0.3 is 15.0 Å². The van der Waals surface area contributed by atoms with Crippen molar-refractivity contribution >= 4 is 33.2 Å². The summed E-state index contributed by atoms with van der Waals surface area (Å²) in [4.78, 5) is 39.4. The van der Waals surface area contributed by atoms with E-state index in [0.29, 0.717) is 6.42 Å². The van der Waals surface area contributed by atoms with E-state index in [0.717, 1.165) is 54.3 Å². The van der Waals surface area contributed by atoms with E-state index in [1.807, 2.05) is 30.3 Å². The Hall–Kier alpha value is -3.67. The van der Waals surface area contributed by atoms with Gasteiger partial charge in [0, 0.05) is 24.7 Å². The third kappa shape index (κ3) is 7.92. The van der Waals surface area contributed by atoms with Crippen molar-refractivity contribution in [1.29, 1.82) is 0 Å². The zero-order valence-electron chi connectivity index (χ0n) is 22.5. The lowest BCUT2D eigenvalue weighted by Gasteiger charge is -2.34. The summed E-state index contributed by atoms with van der Waals surface area (Å²) in [5.74, 6) is -0.855. The lowest BCUT2D eigenvalue weighted by atomic mass is 9.95. The van der Waals surface area contributed by atoms with Gasteiger partial charge in [0.15, 0.2) is 0 Å². The summed E-state index contributed by atoms with van der Waals surface area (Å²) in [6.07, 6.45) is 6.17. The predicted octanol–water partition coefficient (Wildman–Crippen LogP) is 3.63. The summed E-state index contributed by atoms with van der Waals surface area (Å²) in [7, 11) is -2.78. The van der Waals surface area contributed by atoms with Gasteiger partial charge in [-0.25, -0.2) is 8.42 Å². The maximum atomic E-state index is 13.9. The number of non-ortho nitro benzene ring substituents is 1. The summed E-state index contributed by atoms with van der Waals surface area (Å²) in [5, 5.41) is 14.5. The molecule has 12 heteroatoms. The summed E-state index contributed by atoms with van der Waals surface area (Å²) in [5.41, 5.74) is 0.279. The van der Waals surface area contributed by atoms with Crippen LogP contribution in [0.2, 0.25) is 0 Å². The second-order valence-corrected chi connectivity index (χ2v) is 11.6. The molecule has 1 fully saturated rings. The number of nitrogens with one attached hydrogen (secondary N) is 1. The molecular formula is C27H36N4O7S. The zero-order valence-corrected chi connectivity index (χ0v) is 23.4. The van der Waals surface area contributed by atoms with Gasteiger partial charge in [-0.3, -0.25) is 24.0 Å². The summed E-state index contributed by atoms with van der Waals surface area (Å²) in [6, 6.07) is 11.8. The van der Waals surface area contributed by atoms with Crippen molar-refractivity contribution in [2.75, 3.05) is 24.2 Å². The van der Waals surface area contributed by atoms with Crippen molar-refractivity contribution in [3.8, 4) is 5.75 Å². The third-order valence-corrected chi connectivity index (χ3v) is 7.98. The number of amides is 2. The van der Waals surface area contributed by atoms with Crippen molar-refractivity contribution in [3.05, 3.63) is 64.2 Å². The highest BCUT2D eigenvalue weighted by atomic mass is 32.2. The summed E-state index contributed by atoms with van der Waals surface area (Å²) < 4.78 is 31.8. The quantitative estimate of drug-likeness (QED) is 0.309. The average molecular weight is 561 g/mol. The van der Waals surface area contributed by atoms with Crippen LogP contribution in [-0.4, -0.2) is 62.0 Å². The van der Waals surface area contributed by atoms with Gasteiger partial charge in [0.2, 0.25) is 21.8 Å². The van der Waals surface area contributed by atoms with Crippen LogP contribution >= 0.6 is 0 Å². The maximum absolute atomic E-state index is 13.9. The van der Waals surface area contributed by atoms with E-state index in [1.165, 1.54) is 24.1 Å². The van der Waals surface area contributed by atoms with Crippen LogP contribution in [0.3, 0.4) is 0 Å². The molecule has 0 spiro atoms. The second-order valence-electron chi connectivity index (χ2n) is 9.66. The molecule has 0 unspecified atom stereocenters. The van der Waals surface area contributed by atoms with E-state index in [9.17, 15) is 28.1 Å². The fourth-order valence-electron chi connectivity index (χ4n) is 4.83. The number of anilines is 1. The van der Waals surface area contributed by atoms with Crippen LogP contribution in [-0.2, 0) is 26.2 Å². The molecule has 212 valence electrons. The maximum Gasteiger partial charge on any atom is 0.271 e. The number of benzene rings is 2. The number of sulfonamides is 1. The molecule has 1 aliphatic carbocycles. The molecule has 2 aromatic carbocycles. The molecule has 0 saturated heterocycles. The molecule has 1 N–H and O–H groups in total. The highest BCUT2D eigenvalue weighted by Crippen LogP contribution is 2.34. The van der Waals surface area contributed by atoms with E-state index in [2.05, 4.69) is 5.32 Å². The molecule has 0 aromatic heterocycles. The number of hydrogen-bond donors (Lipinski definition) is 1. The number of carbonyl (C=O) groups is 2. The minimum Gasteiger partial charge on any atom is -0.495 e. The standard InChI is InChI=1S/C27H36N4O7S/c1-4-23(27(33)28-21-13-9-6-10-14-21)29(18-20-11-7-5-8-12-20)26(32)19-30(39(3,36)37)24-17-22(31(34)35)15-16-25(24)38-2/h5,7-8,11-12,15-17,21,23H,4,6,9-10,13-14,18-19H2,1-3H3,(H,28,33)/t23-/m1/s1. The lowest BCUT2D eigenvalue weighted by molar-refractivity contribution is -0.384. The Morgan fingerprint density at radius 3 is 2.36 bits per heavy atom. The minimum absolute atomic E-state index is 0.0376. The number of methoxy groups -OCH3 is 1. The van der Waals surface area contributed by atoms with Crippen LogP contribution in [0.4, 0.5) is 11.4 Å². The molecule has 3 rings (SSSR count). The zero-order chi connectivity index (χ0) is 28.6. The average Bonchev–Trinajstić information content (AvgIpc) is 2.91. The van der Waals surface area contributed by atoms with Crippen molar-refractivity contribution < 1.29 is 27.7 Å².